The number of piperidine rings is 1. The number of Topliss-reactive ketones (excluding diaryl/α,β-unsaturated/α-hetero) is 2. The molecule has 0 spiro atoms. The lowest BCUT2D eigenvalue weighted by molar-refractivity contribution is -0.134. The van der Waals surface area contributed by atoms with Crippen LogP contribution in [0.25, 0.3) is 6.08 Å². The normalized spacial score (nSPS) is 13.3. The molecule has 0 bridgehead atoms. The van der Waals surface area contributed by atoms with Crippen molar-refractivity contribution in [1.29, 1.82) is 0 Å². The summed E-state index contributed by atoms with van der Waals surface area (Å²) >= 11 is 5.80. The van der Waals surface area contributed by atoms with Gasteiger partial charge >= 0.3 is 0 Å². The van der Waals surface area contributed by atoms with Gasteiger partial charge in [-0.2, -0.15) is 0 Å². The molecule has 8 nitrogen and oxygen atoms in total. The molecular weight excluding hydrogens is 554 g/mol. The van der Waals surface area contributed by atoms with Gasteiger partial charge in [0, 0.05) is 30.7 Å². The van der Waals surface area contributed by atoms with Crippen LogP contribution in [0.15, 0.2) is 72.3 Å². The molecule has 3 amide bonds. The van der Waals surface area contributed by atoms with E-state index < -0.39 is 29.3 Å². The molecule has 0 aromatic heterocycles. The number of alkyl halides is 1. The zero-order chi connectivity index (χ0) is 29.9. The first-order valence-electron chi connectivity index (χ1n) is 13.1. The van der Waals surface area contributed by atoms with Crippen LogP contribution in [-0.2, 0) is 42.7 Å². The quantitative estimate of drug-likeness (QED) is 0.0807. The Bertz CT molecular complexity index is 1470. The molecule has 0 atom stereocenters. The number of carbonyl (C=O) groups excluding carboxylic acids is 5. The first kappa shape index (κ1) is 33.6. The van der Waals surface area contributed by atoms with Crippen molar-refractivity contribution in [1.82, 2.24) is 5.32 Å². The van der Waals surface area contributed by atoms with Crippen LogP contribution < -0.4 is 16.0 Å². The number of rotatable bonds is 8. The highest BCUT2D eigenvalue weighted by Gasteiger charge is 2.28. The molecule has 42 heavy (non-hydrogen) atoms. The van der Waals surface area contributed by atoms with Crippen molar-refractivity contribution < 1.29 is 24.0 Å². The molecule has 0 unspecified atom stereocenters. The van der Waals surface area contributed by atoms with Crippen molar-refractivity contribution in [2.24, 2.45) is 0 Å². The lowest BCUT2D eigenvalue weighted by atomic mass is 10.0. The standard InChI is InChI=1S/C19H20ClNO2.C13H12N2O3.CH4/c1-3-15-6-4-5-7-17(15)21-19(23)18(22)11-16-9-8-14(12-20)10-13(16)2;1-14-9-4-2-8(3-5-9)6-10-11(16)7-12(17)15-13(10)18;/h4-10H,3,11-12H2,1-2H3,(H,21,23);2-6,14H,7H2,1H3,(H,15,17,18);1H4/b;10-6+;. The van der Waals surface area contributed by atoms with Gasteiger partial charge in [-0.3, -0.25) is 29.3 Å². The highest BCUT2D eigenvalue weighted by atomic mass is 35.5. The summed E-state index contributed by atoms with van der Waals surface area (Å²) in [6.45, 7) is 3.93. The SMILES string of the molecule is C.CCc1ccccc1NC(=O)C(=O)Cc1ccc(CCl)cc1C.CNc1ccc(/C=C2\C(=O)CC(=O)NC2=O)cc1. The van der Waals surface area contributed by atoms with Crippen molar-refractivity contribution in [3.63, 3.8) is 0 Å². The number of carbonyl (C=O) groups is 5. The Kier molecular flexibility index (Phi) is 12.8. The third-order valence-corrected chi connectivity index (χ3v) is 6.75. The number of hydrogen-bond acceptors (Lipinski definition) is 6. The van der Waals surface area contributed by atoms with Gasteiger partial charge in [-0.05, 0) is 65.4 Å². The zero-order valence-electron chi connectivity index (χ0n) is 23.2. The molecule has 0 saturated carbocycles. The molecule has 1 fully saturated rings. The lowest BCUT2D eigenvalue weighted by Crippen LogP contribution is -2.40. The van der Waals surface area contributed by atoms with E-state index in [1.54, 1.807) is 19.2 Å². The summed E-state index contributed by atoms with van der Waals surface area (Å²) in [7, 11) is 1.80. The maximum absolute atomic E-state index is 12.2. The van der Waals surface area contributed by atoms with Crippen molar-refractivity contribution >= 4 is 58.3 Å². The van der Waals surface area contributed by atoms with Crippen LogP contribution in [0, 0.1) is 6.92 Å². The van der Waals surface area contributed by atoms with E-state index >= 15 is 0 Å². The molecular formula is C33H36ClN3O5. The number of halogens is 1. The molecule has 4 rings (SSSR count). The highest BCUT2D eigenvalue weighted by molar-refractivity contribution is 6.41. The van der Waals surface area contributed by atoms with Gasteiger partial charge in [-0.25, -0.2) is 0 Å². The van der Waals surface area contributed by atoms with Gasteiger partial charge in [0.05, 0.1) is 12.0 Å². The summed E-state index contributed by atoms with van der Waals surface area (Å²) in [6.07, 6.45) is 2.11. The van der Waals surface area contributed by atoms with Crippen molar-refractivity contribution in [2.75, 3.05) is 17.7 Å². The van der Waals surface area contributed by atoms with Crippen molar-refractivity contribution in [3.8, 4) is 0 Å². The summed E-state index contributed by atoms with van der Waals surface area (Å²) in [6, 6.07) is 20.4. The van der Waals surface area contributed by atoms with Crippen LogP contribution in [0.5, 0.6) is 0 Å². The van der Waals surface area contributed by atoms with E-state index in [9.17, 15) is 24.0 Å². The van der Waals surface area contributed by atoms with Gasteiger partial charge in [-0.1, -0.05) is 62.9 Å². The Morgan fingerprint density at radius 3 is 2.26 bits per heavy atom. The number of amides is 3. The minimum absolute atomic E-state index is 0. The zero-order valence-corrected chi connectivity index (χ0v) is 23.9. The molecule has 3 N–H and O–H groups in total. The largest absolute Gasteiger partial charge is 0.388 e. The first-order valence-corrected chi connectivity index (χ1v) is 13.6. The molecule has 0 aliphatic carbocycles. The van der Waals surface area contributed by atoms with Gasteiger partial charge in [-0.15, -0.1) is 11.6 Å². The molecule has 1 saturated heterocycles. The molecule has 0 radical (unpaired) electrons. The fourth-order valence-electron chi connectivity index (χ4n) is 4.10. The number of anilines is 2. The number of benzene rings is 3. The second kappa shape index (κ2) is 16.0. The topological polar surface area (TPSA) is 121 Å². The van der Waals surface area contributed by atoms with Crippen LogP contribution in [0.4, 0.5) is 11.4 Å². The van der Waals surface area contributed by atoms with E-state index in [2.05, 4.69) is 16.0 Å². The second-order valence-corrected chi connectivity index (χ2v) is 9.63. The Balaban J connectivity index is 0.000000295. The van der Waals surface area contributed by atoms with Crippen LogP contribution >= 0.6 is 11.6 Å². The summed E-state index contributed by atoms with van der Waals surface area (Å²) < 4.78 is 0. The molecule has 9 heteroatoms. The van der Waals surface area contributed by atoms with Crippen molar-refractivity contribution in [3.05, 3.63) is 100 Å². The summed E-state index contributed by atoms with van der Waals surface area (Å²) in [5, 5.41) is 7.81. The number of para-hydroxylation sites is 1. The van der Waals surface area contributed by atoms with Crippen LogP contribution in [0.3, 0.4) is 0 Å². The fraction of sp³-hybridized carbons (Fsp3) is 0.242. The molecule has 220 valence electrons. The van der Waals surface area contributed by atoms with E-state index in [0.717, 1.165) is 39.9 Å². The van der Waals surface area contributed by atoms with E-state index in [-0.39, 0.29) is 25.8 Å². The average molecular weight is 590 g/mol. The van der Waals surface area contributed by atoms with E-state index in [0.29, 0.717) is 11.6 Å². The number of aryl methyl sites for hydroxylation is 2. The summed E-state index contributed by atoms with van der Waals surface area (Å²) in [5.41, 5.74) is 6.22. The monoisotopic (exact) mass is 589 g/mol. The predicted molar refractivity (Wildman–Crippen MR) is 167 cm³/mol. The Morgan fingerprint density at radius 2 is 1.67 bits per heavy atom. The van der Waals surface area contributed by atoms with Gasteiger partial charge in [0.1, 0.15) is 0 Å². The maximum Gasteiger partial charge on any atom is 0.292 e. The Morgan fingerprint density at radius 1 is 0.976 bits per heavy atom. The third kappa shape index (κ3) is 9.24. The smallest absolute Gasteiger partial charge is 0.292 e. The van der Waals surface area contributed by atoms with Gasteiger partial charge in [0.15, 0.2) is 5.78 Å². The molecule has 3 aromatic rings. The first-order chi connectivity index (χ1) is 19.6. The minimum Gasteiger partial charge on any atom is -0.388 e. The average Bonchev–Trinajstić information content (AvgIpc) is 2.96. The van der Waals surface area contributed by atoms with E-state index in [1.165, 1.54) is 6.08 Å². The number of hydrogen-bond donors (Lipinski definition) is 3. The van der Waals surface area contributed by atoms with Crippen LogP contribution in [0.2, 0.25) is 0 Å². The summed E-state index contributed by atoms with van der Waals surface area (Å²) in [4.78, 5) is 58.4. The molecule has 3 aromatic carbocycles. The van der Waals surface area contributed by atoms with Gasteiger partial charge < -0.3 is 10.6 Å². The third-order valence-electron chi connectivity index (χ3n) is 6.44. The van der Waals surface area contributed by atoms with Gasteiger partial charge in [0.2, 0.25) is 11.7 Å². The maximum atomic E-state index is 12.2. The van der Waals surface area contributed by atoms with Gasteiger partial charge in [0.25, 0.3) is 11.8 Å². The van der Waals surface area contributed by atoms with Crippen LogP contribution in [-0.4, -0.2) is 36.3 Å². The fourth-order valence-corrected chi connectivity index (χ4v) is 4.27. The second-order valence-electron chi connectivity index (χ2n) is 9.37. The predicted octanol–water partition coefficient (Wildman–Crippen LogP) is 5.41. The van der Waals surface area contributed by atoms with Crippen molar-refractivity contribution in [2.45, 2.75) is 46.4 Å². The number of ketones is 2. The van der Waals surface area contributed by atoms with Crippen LogP contribution in [0.1, 0.15) is 48.6 Å². The Labute approximate surface area is 251 Å². The lowest BCUT2D eigenvalue weighted by Gasteiger charge is -2.12. The number of imide groups is 1. The Hall–Kier alpha value is -4.56. The molecule has 1 aliphatic heterocycles. The van der Waals surface area contributed by atoms with E-state index in [1.807, 2.05) is 68.4 Å². The van der Waals surface area contributed by atoms with E-state index in [4.69, 9.17) is 11.6 Å². The molecule has 1 heterocycles. The molecule has 1 aliphatic rings. The summed E-state index contributed by atoms with van der Waals surface area (Å²) in [5.74, 6) is -2.21. The number of nitrogens with one attached hydrogen (secondary N) is 3. The minimum atomic E-state index is -0.631. The highest BCUT2D eigenvalue weighted by Crippen LogP contribution is 2.18.